The van der Waals surface area contributed by atoms with Gasteiger partial charge in [-0.3, -0.25) is 9.59 Å². The van der Waals surface area contributed by atoms with Crippen molar-refractivity contribution in [3.05, 3.63) is 58.8 Å². The van der Waals surface area contributed by atoms with Crippen LogP contribution >= 0.6 is 12.4 Å². The van der Waals surface area contributed by atoms with Crippen LogP contribution in [0.3, 0.4) is 0 Å². The first-order valence-corrected chi connectivity index (χ1v) is 12.5. The van der Waals surface area contributed by atoms with Crippen LogP contribution in [0.4, 0.5) is 5.82 Å². The second kappa shape index (κ2) is 9.21. The van der Waals surface area contributed by atoms with Gasteiger partial charge in [-0.2, -0.15) is 0 Å². The molecule has 6 nitrogen and oxygen atoms in total. The van der Waals surface area contributed by atoms with Crippen molar-refractivity contribution in [3.8, 4) is 0 Å². The molecule has 2 amide bonds. The average molecular weight is 481 g/mol. The molecule has 4 fully saturated rings. The lowest BCUT2D eigenvalue weighted by Crippen LogP contribution is -2.49. The third-order valence-corrected chi connectivity index (χ3v) is 7.82. The predicted molar refractivity (Wildman–Crippen MR) is 135 cm³/mol. The van der Waals surface area contributed by atoms with Gasteiger partial charge in [0.2, 0.25) is 5.91 Å². The molecule has 2 aromatic rings. The Kier molecular flexibility index (Phi) is 6.28. The van der Waals surface area contributed by atoms with Crippen molar-refractivity contribution in [3.63, 3.8) is 0 Å². The van der Waals surface area contributed by atoms with Gasteiger partial charge in [0.05, 0.1) is 5.92 Å². The molecule has 2 saturated heterocycles. The maximum absolute atomic E-state index is 13.1. The molecule has 34 heavy (non-hydrogen) atoms. The molecular formula is C27H33ClN4O2. The van der Waals surface area contributed by atoms with E-state index in [0.717, 1.165) is 36.9 Å². The van der Waals surface area contributed by atoms with Crippen molar-refractivity contribution in [2.45, 2.75) is 50.4 Å². The van der Waals surface area contributed by atoms with Gasteiger partial charge in [-0.25, -0.2) is 4.98 Å². The minimum Gasteiger partial charge on any atom is -0.355 e. The molecule has 2 atom stereocenters. The summed E-state index contributed by atoms with van der Waals surface area (Å²) in [5.74, 6) is 2.87. The average Bonchev–Trinajstić information content (AvgIpc) is 3.77. The number of aromatic nitrogens is 1. The van der Waals surface area contributed by atoms with E-state index < -0.39 is 0 Å². The first-order chi connectivity index (χ1) is 16.1. The molecule has 180 valence electrons. The van der Waals surface area contributed by atoms with Gasteiger partial charge in [-0.05, 0) is 72.3 Å². The summed E-state index contributed by atoms with van der Waals surface area (Å²) in [6.07, 6.45) is 7.25. The summed E-state index contributed by atoms with van der Waals surface area (Å²) in [4.78, 5) is 34.5. The fraction of sp³-hybridized carbons (Fsp3) is 0.519. The number of carbonyl (C=O) groups is 2. The molecular weight excluding hydrogens is 448 g/mol. The molecule has 4 aliphatic rings. The van der Waals surface area contributed by atoms with Crippen LogP contribution < -0.4 is 10.2 Å². The molecule has 2 aliphatic heterocycles. The topological polar surface area (TPSA) is 65.5 Å². The summed E-state index contributed by atoms with van der Waals surface area (Å²) < 4.78 is 0. The van der Waals surface area contributed by atoms with Crippen molar-refractivity contribution in [2.75, 3.05) is 37.6 Å². The molecule has 1 unspecified atom stereocenters. The van der Waals surface area contributed by atoms with Crippen molar-refractivity contribution >= 4 is 30.0 Å². The Morgan fingerprint density at radius 3 is 2.24 bits per heavy atom. The lowest BCUT2D eigenvalue weighted by molar-refractivity contribution is -0.120. The highest BCUT2D eigenvalue weighted by Gasteiger charge is 2.34. The van der Waals surface area contributed by atoms with E-state index in [4.69, 9.17) is 4.98 Å². The molecule has 2 aliphatic carbocycles. The smallest absolute Gasteiger partial charge is 0.253 e. The number of amides is 2. The fourth-order valence-corrected chi connectivity index (χ4v) is 5.46. The van der Waals surface area contributed by atoms with Crippen LogP contribution in [0.2, 0.25) is 0 Å². The van der Waals surface area contributed by atoms with Gasteiger partial charge in [0.1, 0.15) is 5.82 Å². The monoisotopic (exact) mass is 480 g/mol. The van der Waals surface area contributed by atoms with Crippen LogP contribution in [-0.2, 0) is 4.79 Å². The van der Waals surface area contributed by atoms with Crippen LogP contribution in [0.25, 0.3) is 0 Å². The lowest BCUT2D eigenvalue weighted by Gasteiger charge is -2.36. The quantitative estimate of drug-likeness (QED) is 0.700. The predicted octanol–water partition coefficient (Wildman–Crippen LogP) is 4.07. The number of benzene rings is 1. The van der Waals surface area contributed by atoms with E-state index in [-0.39, 0.29) is 36.1 Å². The van der Waals surface area contributed by atoms with Crippen LogP contribution in [0.15, 0.2) is 36.5 Å². The van der Waals surface area contributed by atoms with Crippen LogP contribution in [-0.4, -0.2) is 54.4 Å². The Hall–Kier alpha value is -2.60. The van der Waals surface area contributed by atoms with Crippen LogP contribution in [0.1, 0.15) is 77.4 Å². The number of nitrogens with one attached hydrogen (secondary N) is 1. The minimum absolute atomic E-state index is 0. The van der Waals surface area contributed by atoms with Gasteiger partial charge in [-0.15, -0.1) is 12.4 Å². The zero-order valence-electron chi connectivity index (χ0n) is 19.7. The van der Waals surface area contributed by atoms with Crippen molar-refractivity contribution < 1.29 is 9.59 Å². The molecule has 1 aromatic heterocycles. The van der Waals surface area contributed by atoms with E-state index >= 15 is 0 Å². The third kappa shape index (κ3) is 4.40. The largest absolute Gasteiger partial charge is 0.355 e. The first kappa shape index (κ1) is 23.2. The molecule has 2 saturated carbocycles. The number of pyridine rings is 1. The summed E-state index contributed by atoms with van der Waals surface area (Å²) in [6.45, 7) is 5.86. The summed E-state index contributed by atoms with van der Waals surface area (Å²) in [5, 5.41) is 2.93. The summed E-state index contributed by atoms with van der Waals surface area (Å²) >= 11 is 0. The Morgan fingerprint density at radius 1 is 0.971 bits per heavy atom. The molecule has 0 spiro atoms. The summed E-state index contributed by atoms with van der Waals surface area (Å²) in [6, 6.07) is 10.1. The maximum atomic E-state index is 13.1. The zero-order valence-corrected chi connectivity index (χ0v) is 20.5. The highest BCUT2D eigenvalue weighted by molar-refractivity contribution is 5.94. The van der Waals surface area contributed by atoms with Gasteiger partial charge >= 0.3 is 0 Å². The number of nitrogens with zero attached hydrogens (tertiary/aromatic N) is 3. The second-order valence-electron chi connectivity index (χ2n) is 10.3. The summed E-state index contributed by atoms with van der Waals surface area (Å²) in [7, 11) is 0. The fourth-order valence-electron chi connectivity index (χ4n) is 5.46. The Labute approximate surface area is 207 Å². The van der Waals surface area contributed by atoms with Gasteiger partial charge < -0.3 is 15.1 Å². The lowest BCUT2D eigenvalue weighted by atomic mass is 9.89. The highest BCUT2D eigenvalue weighted by atomic mass is 35.5. The number of piperazine rings is 1. The molecule has 7 heteroatoms. The Balaban J connectivity index is 0.00000241. The van der Waals surface area contributed by atoms with E-state index in [2.05, 4.69) is 29.4 Å². The number of rotatable bonds is 5. The Morgan fingerprint density at radius 2 is 1.65 bits per heavy atom. The van der Waals surface area contributed by atoms with E-state index in [1.165, 1.54) is 36.8 Å². The molecule has 3 heterocycles. The highest BCUT2D eigenvalue weighted by Crippen LogP contribution is 2.47. The van der Waals surface area contributed by atoms with E-state index in [9.17, 15) is 9.59 Å². The number of hydrogen-bond donors (Lipinski definition) is 1. The second-order valence-corrected chi connectivity index (χ2v) is 10.3. The van der Waals surface area contributed by atoms with Gasteiger partial charge in [0.25, 0.3) is 5.91 Å². The summed E-state index contributed by atoms with van der Waals surface area (Å²) in [5.41, 5.74) is 4.54. The van der Waals surface area contributed by atoms with Crippen molar-refractivity contribution in [2.24, 2.45) is 5.92 Å². The van der Waals surface area contributed by atoms with Gasteiger partial charge in [-0.1, -0.05) is 25.1 Å². The third-order valence-electron chi connectivity index (χ3n) is 7.82. The minimum atomic E-state index is -0.114. The molecule has 1 aromatic carbocycles. The zero-order chi connectivity index (χ0) is 22.5. The van der Waals surface area contributed by atoms with Crippen molar-refractivity contribution in [1.82, 2.24) is 15.2 Å². The number of halogens is 1. The van der Waals surface area contributed by atoms with E-state index in [1.807, 2.05) is 29.2 Å². The van der Waals surface area contributed by atoms with Crippen LogP contribution in [0.5, 0.6) is 0 Å². The molecule has 0 radical (unpaired) electrons. The first-order valence-electron chi connectivity index (χ1n) is 12.5. The van der Waals surface area contributed by atoms with Crippen LogP contribution in [0, 0.1) is 5.92 Å². The molecule has 0 bridgehead atoms. The van der Waals surface area contributed by atoms with E-state index in [1.54, 1.807) is 0 Å². The van der Waals surface area contributed by atoms with Crippen molar-refractivity contribution in [1.29, 1.82) is 0 Å². The Bertz CT molecular complexity index is 1070. The van der Waals surface area contributed by atoms with Gasteiger partial charge in [0, 0.05) is 44.5 Å². The normalized spacial score (nSPS) is 24.6. The van der Waals surface area contributed by atoms with Gasteiger partial charge in [0.15, 0.2) is 0 Å². The number of anilines is 1. The van der Waals surface area contributed by atoms with E-state index in [0.29, 0.717) is 24.6 Å². The standard InChI is InChI=1S/C27H32N4O2.ClH/c1-17-15-29-26(32)24(17)20-6-8-21(9-7-20)27(33)31-12-10-30(11-13-31)25-23(19-4-5-19)14-22(16-28-25)18-2-3-18;/h6-9,14,16-19,24H,2-5,10-13,15H2,1H3,(H,29,32);1H/t17?,24-;/m1./s1. The number of carbonyl (C=O) groups excluding carboxylic acids is 2. The maximum Gasteiger partial charge on any atom is 0.253 e. The molecule has 1 N–H and O–H groups in total. The number of hydrogen-bond acceptors (Lipinski definition) is 4. The molecule has 6 rings (SSSR count). The SMILES string of the molecule is CC1CNC(=O)[C@H]1c1ccc(C(=O)N2CCN(c3ncc(C4CC4)cc3C3CC3)CC2)cc1.Cl.